The number of hydrogen-bond donors (Lipinski definition) is 1. The number of benzene rings is 3. The quantitative estimate of drug-likeness (QED) is 0.261. The number of Topliss-reactive ketones (excluding diaryl/α,β-unsaturated/α-hetero) is 1. The van der Waals surface area contributed by atoms with Crippen LogP contribution in [0.1, 0.15) is 35.2 Å². The van der Waals surface area contributed by atoms with Crippen molar-refractivity contribution in [2.24, 2.45) is 0 Å². The molecule has 1 fully saturated rings. The van der Waals surface area contributed by atoms with Crippen molar-refractivity contribution in [3.8, 4) is 11.5 Å². The predicted octanol–water partition coefficient (Wildman–Crippen LogP) is 5.68. The van der Waals surface area contributed by atoms with E-state index in [2.05, 4.69) is 0 Å². The summed E-state index contributed by atoms with van der Waals surface area (Å²) in [4.78, 5) is 28.2. The number of aliphatic hydroxyl groups excluding tert-OH is 1. The number of aliphatic hydroxyl groups is 1. The molecule has 3 aromatic carbocycles. The summed E-state index contributed by atoms with van der Waals surface area (Å²) < 4.78 is 11.0. The Morgan fingerprint density at radius 1 is 1.06 bits per heavy atom. The summed E-state index contributed by atoms with van der Waals surface area (Å²) in [5.74, 6) is -0.725. The van der Waals surface area contributed by atoms with Gasteiger partial charge in [0.25, 0.3) is 11.7 Å². The average Bonchev–Trinajstić information content (AvgIpc) is 3.10. The molecule has 1 heterocycles. The first-order valence-corrected chi connectivity index (χ1v) is 11.6. The summed E-state index contributed by atoms with van der Waals surface area (Å²) in [6.45, 7) is 4.29. The first kappa shape index (κ1) is 24.4. The van der Waals surface area contributed by atoms with Crippen LogP contribution in [0, 0.1) is 6.92 Å². The topological polar surface area (TPSA) is 76.1 Å². The Morgan fingerprint density at radius 3 is 2.49 bits per heavy atom. The van der Waals surface area contributed by atoms with Crippen molar-refractivity contribution in [1.29, 1.82) is 0 Å². The van der Waals surface area contributed by atoms with Gasteiger partial charge >= 0.3 is 0 Å². The van der Waals surface area contributed by atoms with Gasteiger partial charge in [-0.2, -0.15) is 0 Å². The molecule has 180 valence electrons. The maximum Gasteiger partial charge on any atom is 0.295 e. The van der Waals surface area contributed by atoms with Gasteiger partial charge in [-0.05, 0) is 49.2 Å². The number of ether oxygens (including phenoxy) is 2. The highest BCUT2D eigenvalue weighted by atomic mass is 35.5. The molecule has 1 atom stereocenters. The second-order valence-corrected chi connectivity index (χ2v) is 8.58. The first-order chi connectivity index (χ1) is 16.9. The molecule has 1 N–H and O–H groups in total. The second-order valence-electron chi connectivity index (χ2n) is 8.17. The van der Waals surface area contributed by atoms with Crippen LogP contribution in [-0.4, -0.2) is 35.4 Å². The Bertz CT molecular complexity index is 1320. The molecule has 0 aliphatic carbocycles. The fourth-order valence-corrected chi connectivity index (χ4v) is 4.57. The minimum Gasteiger partial charge on any atom is -0.507 e. The largest absolute Gasteiger partial charge is 0.507 e. The van der Waals surface area contributed by atoms with Gasteiger partial charge in [-0.15, -0.1) is 0 Å². The van der Waals surface area contributed by atoms with Crippen molar-refractivity contribution < 1.29 is 24.2 Å². The molecular formula is C28H26ClNO5. The molecule has 3 aromatic rings. The van der Waals surface area contributed by atoms with Gasteiger partial charge in [0.2, 0.25) is 0 Å². The zero-order chi connectivity index (χ0) is 25.1. The number of amides is 1. The molecule has 1 aliphatic rings. The first-order valence-electron chi connectivity index (χ1n) is 11.3. The van der Waals surface area contributed by atoms with E-state index in [0.717, 1.165) is 16.7 Å². The molecule has 1 unspecified atom stereocenters. The molecule has 0 aromatic heterocycles. The van der Waals surface area contributed by atoms with Crippen LogP contribution in [0.15, 0.2) is 72.3 Å². The highest BCUT2D eigenvalue weighted by Gasteiger charge is 2.46. The fourth-order valence-electron chi connectivity index (χ4n) is 4.36. The summed E-state index contributed by atoms with van der Waals surface area (Å²) in [5, 5.41) is 11.6. The Balaban J connectivity index is 1.91. The smallest absolute Gasteiger partial charge is 0.295 e. The number of carbonyl (C=O) groups is 2. The van der Waals surface area contributed by atoms with Gasteiger partial charge < -0.3 is 19.5 Å². The van der Waals surface area contributed by atoms with Crippen molar-refractivity contribution in [3.05, 3.63) is 99.6 Å². The number of methoxy groups -OCH3 is 1. The molecule has 0 radical (unpaired) electrons. The fraction of sp³-hybridized carbons (Fsp3) is 0.214. The molecule has 1 aliphatic heterocycles. The number of aryl methyl sites for hydroxylation is 1. The Kier molecular flexibility index (Phi) is 7.12. The number of nitrogens with zero attached hydrogens (tertiary/aromatic N) is 1. The molecule has 1 amide bonds. The van der Waals surface area contributed by atoms with E-state index in [1.807, 2.05) is 56.3 Å². The summed E-state index contributed by atoms with van der Waals surface area (Å²) in [6.07, 6.45) is 0. The molecule has 7 heteroatoms. The number of carbonyl (C=O) groups excluding carboxylic acids is 2. The molecule has 35 heavy (non-hydrogen) atoms. The van der Waals surface area contributed by atoms with Crippen LogP contribution >= 0.6 is 11.6 Å². The van der Waals surface area contributed by atoms with Gasteiger partial charge in [0.15, 0.2) is 0 Å². The number of ketones is 1. The third-order valence-electron chi connectivity index (χ3n) is 6.06. The summed E-state index contributed by atoms with van der Waals surface area (Å²) >= 11 is 6.41. The van der Waals surface area contributed by atoms with Gasteiger partial charge in [-0.25, -0.2) is 0 Å². The van der Waals surface area contributed by atoms with E-state index >= 15 is 0 Å². The van der Waals surface area contributed by atoms with E-state index in [0.29, 0.717) is 18.1 Å². The number of halogens is 1. The van der Waals surface area contributed by atoms with Gasteiger partial charge in [-0.1, -0.05) is 54.1 Å². The van der Waals surface area contributed by atoms with Crippen LogP contribution in [0.5, 0.6) is 11.5 Å². The number of para-hydroxylation sites is 1. The van der Waals surface area contributed by atoms with Gasteiger partial charge in [0.05, 0.1) is 36.9 Å². The lowest BCUT2D eigenvalue weighted by Crippen LogP contribution is -2.29. The third-order valence-corrected chi connectivity index (χ3v) is 6.39. The zero-order valence-electron chi connectivity index (χ0n) is 19.7. The minimum absolute atomic E-state index is 0.0188. The molecule has 0 saturated carbocycles. The second kappa shape index (κ2) is 10.2. The van der Waals surface area contributed by atoms with Gasteiger partial charge in [0.1, 0.15) is 17.3 Å². The van der Waals surface area contributed by atoms with E-state index < -0.39 is 17.7 Å². The summed E-state index contributed by atoms with van der Waals surface area (Å²) in [5.41, 5.74) is 2.57. The maximum atomic E-state index is 13.4. The van der Waals surface area contributed by atoms with E-state index in [-0.39, 0.29) is 28.5 Å². The number of rotatable bonds is 7. The van der Waals surface area contributed by atoms with Crippen LogP contribution in [0.4, 0.5) is 0 Å². The standard InChI is InChI=1S/C28H26ClNO5/c1-4-35-19-13-14-22(29)21(15-19)26(31)24-25(20-11-7-5-9-17(20)2)30(28(33)27(24)32)16-18-10-6-8-12-23(18)34-3/h5-15,25,31H,4,16H2,1-3H3/b26-24+. The number of likely N-dealkylation sites (tertiary alicyclic amines) is 1. The normalized spacial score (nSPS) is 17.0. The highest BCUT2D eigenvalue weighted by Crippen LogP contribution is 2.43. The lowest BCUT2D eigenvalue weighted by molar-refractivity contribution is -0.140. The van der Waals surface area contributed by atoms with Crippen molar-refractivity contribution >= 4 is 29.1 Å². The monoisotopic (exact) mass is 491 g/mol. The van der Waals surface area contributed by atoms with E-state index in [1.54, 1.807) is 31.4 Å². The molecule has 0 spiro atoms. The van der Waals surface area contributed by atoms with Crippen molar-refractivity contribution in [3.63, 3.8) is 0 Å². The SMILES string of the molecule is CCOc1ccc(Cl)c(/C(O)=C2\C(=O)C(=O)N(Cc3ccccc3OC)C2c2ccccc2C)c1. The molecule has 1 saturated heterocycles. The average molecular weight is 492 g/mol. The highest BCUT2D eigenvalue weighted by molar-refractivity contribution is 6.47. The Morgan fingerprint density at radius 2 is 1.77 bits per heavy atom. The van der Waals surface area contributed by atoms with Crippen LogP contribution in [-0.2, 0) is 16.1 Å². The molecule has 6 nitrogen and oxygen atoms in total. The van der Waals surface area contributed by atoms with Crippen molar-refractivity contribution in [1.82, 2.24) is 4.90 Å². The summed E-state index contributed by atoms with van der Waals surface area (Å²) in [6, 6.07) is 18.8. The van der Waals surface area contributed by atoms with Crippen LogP contribution in [0.3, 0.4) is 0 Å². The lowest BCUT2D eigenvalue weighted by Gasteiger charge is -2.27. The third kappa shape index (κ3) is 4.62. The Hall–Kier alpha value is -3.77. The Labute approximate surface area is 209 Å². The zero-order valence-corrected chi connectivity index (χ0v) is 20.5. The van der Waals surface area contributed by atoms with Crippen LogP contribution < -0.4 is 9.47 Å². The lowest BCUT2D eigenvalue weighted by atomic mass is 9.92. The van der Waals surface area contributed by atoms with Crippen molar-refractivity contribution in [2.75, 3.05) is 13.7 Å². The summed E-state index contributed by atoms with van der Waals surface area (Å²) in [7, 11) is 1.55. The van der Waals surface area contributed by atoms with Gasteiger partial charge in [-0.3, -0.25) is 9.59 Å². The van der Waals surface area contributed by atoms with E-state index in [9.17, 15) is 14.7 Å². The van der Waals surface area contributed by atoms with E-state index in [1.165, 1.54) is 4.90 Å². The van der Waals surface area contributed by atoms with Crippen LogP contribution in [0.2, 0.25) is 5.02 Å². The van der Waals surface area contributed by atoms with Gasteiger partial charge in [0, 0.05) is 11.1 Å². The maximum absolute atomic E-state index is 13.4. The molecule has 4 rings (SSSR count). The minimum atomic E-state index is -0.812. The van der Waals surface area contributed by atoms with E-state index in [4.69, 9.17) is 21.1 Å². The number of hydrogen-bond acceptors (Lipinski definition) is 5. The molecule has 0 bridgehead atoms. The molecular weight excluding hydrogens is 466 g/mol. The van der Waals surface area contributed by atoms with Crippen LogP contribution in [0.25, 0.3) is 5.76 Å². The predicted molar refractivity (Wildman–Crippen MR) is 135 cm³/mol. The van der Waals surface area contributed by atoms with Crippen molar-refractivity contribution in [2.45, 2.75) is 26.4 Å².